The summed E-state index contributed by atoms with van der Waals surface area (Å²) in [7, 11) is -3.85. The summed E-state index contributed by atoms with van der Waals surface area (Å²) in [6, 6.07) is 13.5. The van der Waals surface area contributed by atoms with E-state index < -0.39 is 21.9 Å². The van der Waals surface area contributed by atoms with E-state index in [1.807, 2.05) is 70.2 Å². The van der Waals surface area contributed by atoms with Crippen LogP contribution in [0.4, 0.5) is 5.69 Å². The number of carboxylic acid groups (broad SMARTS) is 1. The number of sulfonamides is 1. The van der Waals surface area contributed by atoms with Crippen LogP contribution in [0.3, 0.4) is 0 Å². The average molecular weight is 452 g/mol. The second-order valence-corrected chi connectivity index (χ2v) is 10.6. The van der Waals surface area contributed by atoms with Crippen LogP contribution in [0.5, 0.6) is 0 Å². The summed E-state index contributed by atoms with van der Waals surface area (Å²) in [6.45, 7) is 7.51. The van der Waals surface area contributed by atoms with Gasteiger partial charge in [-0.25, -0.2) is 8.42 Å². The summed E-state index contributed by atoms with van der Waals surface area (Å²) in [4.78, 5) is 12.1. The third-order valence-corrected chi connectivity index (χ3v) is 8.59. The Morgan fingerprint density at radius 2 is 1.62 bits per heavy atom. The molecule has 1 aliphatic carbocycles. The van der Waals surface area contributed by atoms with E-state index in [9.17, 15) is 18.3 Å². The molecule has 2 atom stereocenters. The first-order chi connectivity index (χ1) is 15.1. The SMILES string of the molecule is Cc1cc(C)c(C)c(S(=O)(=O)Nc2cc(C3CCCC3C(=O)O)cc3ccccc23)c1C. The van der Waals surface area contributed by atoms with Gasteiger partial charge < -0.3 is 5.11 Å². The molecule has 4 rings (SSSR count). The summed E-state index contributed by atoms with van der Waals surface area (Å²) in [5, 5.41) is 11.4. The van der Waals surface area contributed by atoms with Gasteiger partial charge in [-0.05, 0) is 85.7 Å². The van der Waals surface area contributed by atoms with Crippen LogP contribution in [0.25, 0.3) is 10.8 Å². The van der Waals surface area contributed by atoms with Gasteiger partial charge >= 0.3 is 5.97 Å². The van der Waals surface area contributed by atoms with Gasteiger partial charge in [0.2, 0.25) is 0 Å². The molecule has 3 aromatic rings. The minimum atomic E-state index is -3.85. The van der Waals surface area contributed by atoms with Crippen molar-refractivity contribution in [2.24, 2.45) is 5.92 Å². The van der Waals surface area contributed by atoms with E-state index in [0.29, 0.717) is 17.0 Å². The van der Waals surface area contributed by atoms with E-state index >= 15 is 0 Å². The summed E-state index contributed by atoms with van der Waals surface area (Å²) in [5.41, 5.74) is 4.71. The Hall–Kier alpha value is -2.86. The molecule has 3 aromatic carbocycles. The number of aryl methyl sites for hydroxylation is 2. The van der Waals surface area contributed by atoms with Crippen LogP contribution in [0, 0.1) is 33.6 Å². The molecule has 0 saturated heterocycles. The second kappa shape index (κ2) is 8.24. The molecule has 0 aliphatic heterocycles. The van der Waals surface area contributed by atoms with Crippen molar-refractivity contribution in [1.82, 2.24) is 0 Å². The topological polar surface area (TPSA) is 83.5 Å². The third kappa shape index (κ3) is 3.88. The Morgan fingerprint density at radius 3 is 2.28 bits per heavy atom. The van der Waals surface area contributed by atoms with Crippen LogP contribution in [0.1, 0.15) is 53.0 Å². The Bertz CT molecular complexity index is 1300. The van der Waals surface area contributed by atoms with Crippen LogP contribution in [0.2, 0.25) is 0 Å². The molecule has 2 N–H and O–H groups in total. The third-order valence-electron chi connectivity index (χ3n) is 6.96. The van der Waals surface area contributed by atoms with Crippen molar-refractivity contribution in [3.05, 3.63) is 70.3 Å². The van der Waals surface area contributed by atoms with Gasteiger partial charge in [0.15, 0.2) is 0 Å². The molecule has 0 bridgehead atoms. The predicted molar refractivity (Wildman–Crippen MR) is 128 cm³/mol. The number of hydrogen-bond acceptors (Lipinski definition) is 3. The van der Waals surface area contributed by atoms with Gasteiger partial charge in [0, 0.05) is 5.39 Å². The van der Waals surface area contributed by atoms with Gasteiger partial charge in [-0.15, -0.1) is 0 Å². The van der Waals surface area contributed by atoms with Crippen LogP contribution in [0.15, 0.2) is 47.4 Å². The molecule has 1 fully saturated rings. The summed E-state index contributed by atoms with van der Waals surface area (Å²) in [5.74, 6) is -1.35. The van der Waals surface area contributed by atoms with Crippen molar-refractivity contribution in [2.45, 2.75) is 57.8 Å². The Balaban J connectivity index is 1.86. The first-order valence-corrected chi connectivity index (χ1v) is 12.4. The van der Waals surface area contributed by atoms with E-state index in [4.69, 9.17) is 0 Å². The lowest BCUT2D eigenvalue weighted by molar-refractivity contribution is -0.142. The molecule has 0 amide bonds. The highest BCUT2D eigenvalue weighted by atomic mass is 32.2. The maximum atomic E-state index is 13.6. The molecule has 0 aromatic heterocycles. The first kappa shape index (κ1) is 22.3. The standard InChI is InChI=1S/C26H29NO4S/c1-15-12-16(2)18(4)25(17(15)3)32(30,31)27-24-14-20(13-19-8-5-6-9-22(19)24)21-10-7-11-23(21)26(28)29/h5-6,8-9,12-14,21,23,27H,7,10-11H2,1-4H3,(H,28,29). The van der Waals surface area contributed by atoms with Crippen molar-refractivity contribution in [3.63, 3.8) is 0 Å². The maximum Gasteiger partial charge on any atom is 0.307 e. The first-order valence-electron chi connectivity index (χ1n) is 11.0. The van der Waals surface area contributed by atoms with E-state index in [2.05, 4.69) is 4.72 Å². The van der Waals surface area contributed by atoms with E-state index in [0.717, 1.165) is 51.4 Å². The number of rotatable bonds is 5. The lowest BCUT2D eigenvalue weighted by atomic mass is 9.87. The average Bonchev–Trinajstić information content (AvgIpc) is 3.22. The fourth-order valence-corrected chi connectivity index (χ4v) is 6.76. The highest BCUT2D eigenvalue weighted by Gasteiger charge is 2.34. The molecule has 0 radical (unpaired) electrons. The highest BCUT2D eigenvalue weighted by molar-refractivity contribution is 7.92. The zero-order chi connectivity index (χ0) is 23.2. The van der Waals surface area contributed by atoms with Gasteiger partial charge in [0.1, 0.15) is 0 Å². The Labute approximate surface area is 189 Å². The molecule has 1 aliphatic rings. The molecule has 0 heterocycles. The van der Waals surface area contributed by atoms with Crippen LogP contribution < -0.4 is 4.72 Å². The molecular weight excluding hydrogens is 422 g/mol. The van der Waals surface area contributed by atoms with Crippen molar-refractivity contribution < 1.29 is 18.3 Å². The van der Waals surface area contributed by atoms with E-state index in [1.165, 1.54) is 0 Å². The van der Waals surface area contributed by atoms with Crippen molar-refractivity contribution in [3.8, 4) is 0 Å². The molecule has 0 spiro atoms. The summed E-state index contributed by atoms with van der Waals surface area (Å²) in [6.07, 6.45) is 2.29. The number of fused-ring (bicyclic) bond motifs is 1. The van der Waals surface area contributed by atoms with Crippen molar-refractivity contribution >= 4 is 32.5 Å². The number of nitrogens with one attached hydrogen (secondary N) is 1. The van der Waals surface area contributed by atoms with E-state index in [1.54, 1.807) is 0 Å². The molecule has 6 heteroatoms. The minimum Gasteiger partial charge on any atom is -0.481 e. The van der Waals surface area contributed by atoms with Gasteiger partial charge in [0.25, 0.3) is 10.0 Å². The fraction of sp³-hybridized carbons (Fsp3) is 0.346. The Morgan fingerprint density at radius 1 is 0.969 bits per heavy atom. The van der Waals surface area contributed by atoms with Gasteiger partial charge in [-0.3, -0.25) is 9.52 Å². The Kier molecular flexibility index (Phi) is 5.76. The number of aliphatic carboxylic acids is 1. The maximum absolute atomic E-state index is 13.6. The minimum absolute atomic E-state index is 0.120. The molecule has 32 heavy (non-hydrogen) atoms. The van der Waals surface area contributed by atoms with Gasteiger partial charge in [-0.2, -0.15) is 0 Å². The number of benzene rings is 3. The highest BCUT2D eigenvalue weighted by Crippen LogP contribution is 2.42. The molecule has 168 valence electrons. The monoisotopic (exact) mass is 451 g/mol. The molecular formula is C26H29NO4S. The van der Waals surface area contributed by atoms with Crippen LogP contribution in [-0.2, 0) is 14.8 Å². The molecule has 5 nitrogen and oxygen atoms in total. The van der Waals surface area contributed by atoms with Crippen molar-refractivity contribution in [2.75, 3.05) is 4.72 Å². The number of hydrogen-bond donors (Lipinski definition) is 2. The smallest absolute Gasteiger partial charge is 0.307 e. The van der Waals surface area contributed by atoms with Gasteiger partial charge in [0.05, 0.1) is 16.5 Å². The largest absolute Gasteiger partial charge is 0.481 e. The zero-order valence-corrected chi connectivity index (χ0v) is 19.7. The van der Waals surface area contributed by atoms with Gasteiger partial charge in [-0.1, -0.05) is 42.8 Å². The normalized spacial score (nSPS) is 18.8. The number of carboxylic acids is 1. The quantitative estimate of drug-likeness (QED) is 0.510. The molecule has 1 saturated carbocycles. The number of anilines is 1. The molecule has 2 unspecified atom stereocenters. The predicted octanol–water partition coefficient (Wildman–Crippen LogP) is 5.84. The second-order valence-electron chi connectivity index (χ2n) is 8.97. The number of carbonyl (C=O) groups is 1. The lowest BCUT2D eigenvalue weighted by Gasteiger charge is -2.21. The summed E-state index contributed by atoms with van der Waals surface area (Å²) < 4.78 is 30.0. The van der Waals surface area contributed by atoms with Crippen LogP contribution in [-0.4, -0.2) is 19.5 Å². The zero-order valence-electron chi connectivity index (χ0n) is 18.9. The summed E-state index contributed by atoms with van der Waals surface area (Å²) >= 11 is 0. The van der Waals surface area contributed by atoms with Crippen LogP contribution >= 0.6 is 0 Å². The van der Waals surface area contributed by atoms with Crippen molar-refractivity contribution in [1.29, 1.82) is 0 Å². The fourth-order valence-electron chi connectivity index (χ4n) is 5.07. The lowest BCUT2D eigenvalue weighted by Crippen LogP contribution is -2.19. The van der Waals surface area contributed by atoms with E-state index in [-0.39, 0.29) is 5.92 Å².